The Morgan fingerprint density at radius 3 is 2.79 bits per heavy atom. The molecule has 0 fully saturated rings. The number of hydrogen-bond donors (Lipinski definition) is 1. The van der Waals surface area contributed by atoms with Crippen molar-refractivity contribution in [1.29, 1.82) is 0 Å². The first kappa shape index (κ1) is 16.1. The van der Waals surface area contributed by atoms with Gasteiger partial charge in [-0.2, -0.15) is 0 Å². The number of methoxy groups -OCH3 is 1. The van der Waals surface area contributed by atoms with Crippen LogP contribution in [0.2, 0.25) is 0 Å². The lowest BCUT2D eigenvalue weighted by atomic mass is 10.4. The van der Waals surface area contributed by atoms with E-state index in [1.54, 1.807) is 6.92 Å². The van der Waals surface area contributed by atoms with Gasteiger partial charge in [0.15, 0.2) is 0 Å². The molecule has 107 valence electrons. The third-order valence-corrected chi connectivity index (χ3v) is 5.14. The minimum Gasteiger partial charge on any atom is -0.462 e. The molecule has 1 aromatic rings. The molecule has 1 atom stereocenters. The monoisotopic (exact) mass is 306 g/mol. The van der Waals surface area contributed by atoms with Gasteiger partial charge in [0, 0.05) is 13.7 Å². The second-order valence-corrected chi connectivity index (χ2v) is 6.63. The molecular weight excluding hydrogens is 290 g/mol. The number of ether oxygens (including phenoxy) is 2. The maximum Gasteiger partial charge on any atom is 0.348 e. The van der Waals surface area contributed by atoms with Crippen LogP contribution in [0.4, 0.5) is 0 Å². The van der Waals surface area contributed by atoms with Crippen molar-refractivity contribution in [3.05, 3.63) is 23.9 Å². The van der Waals surface area contributed by atoms with Crippen LogP contribution in [0.15, 0.2) is 16.3 Å². The van der Waals surface area contributed by atoms with Crippen molar-refractivity contribution in [2.75, 3.05) is 20.3 Å². The predicted octanol–water partition coefficient (Wildman–Crippen LogP) is 1.05. The lowest BCUT2D eigenvalue weighted by Crippen LogP contribution is -2.31. The summed E-state index contributed by atoms with van der Waals surface area (Å²) in [5, 5.41) is 0. The fourth-order valence-electron chi connectivity index (χ4n) is 1.13. The van der Waals surface area contributed by atoms with Crippen LogP contribution in [-0.4, -0.2) is 40.8 Å². The minimum atomic E-state index is -3.65. The summed E-state index contributed by atoms with van der Waals surface area (Å²) in [7, 11) is -2.21. The van der Waals surface area contributed by atoms with Crippen molar-refractivity contribution in [3.8, 4) is 0 Å². The molecule has 6 nitrogen and oxygen atoms in total. The molecule has 1 aromatic heterocycles. The second-order valence-electron chi connectivity index (χ2n) is 3.55. The molecule has 1 radical (unpaired) electrons. The molecule has 0 aromatic carbocycles. The quantitative estimate of drug-likeness (QED) is 0.762. The molecule has 1 rings (SSSR count). The first-order valence-electron chi connectivity index (χ1n) is 5.53. The molecule has 1 unspecified atom stereocenters. The number of carbonyl (C=O) groups is 1. The van der Waals surface area contributed by atoms with E-state index >= 15 is 0 Å². The largest absolute Gasteiger partial charge is 0.462 e. The highest BCUT2D eigenvalue weighted by Gasteiger charge is 2.20. The van der Waals surface area contributed by atoms with E-state index in [1.807, 2.05) is 0 Å². The Morgan fingerprint density at radius 1 is 1.53 bits per heavy atom. The van der Waals surface area contributed by atoms with E-state index in [2.05, 4.69) is 11.6 Å². The smallest absolute Gasteiger partial charge is 0.348 e. The molecule has 0 aliphatic carbocycles. The van der Waals surface area contributed by atoms with Crippen LogP contribution in [0.25, 0.3) is 0 Å². The van der Waals surface area contributed by atoms with Crippen molar-refractivity contribution in [3.63, 3.8) is 0 Å². The molecule has 0 aliphatic heterocycles. The Morgan fingerprint density at radius 2 is 2.21 bits per heavy atom. The van der Waals surface area contributed by atoms with Gasteiger partial charge in [0.2, 0.25) is 10.0 Å². The van der Waals surface area contributed by atoms with Crippen LogP contribution < -0.4 is 4.72 Å². The van der Waals surface area contributed by atoms with Crippen LogP contribution >= 0.6 is 11.3 Å². The molecule has 0 bridgehead atoms. The molecule has 0 saturated heterocycles. The van der Waals surface area contributed by atoms with Gasteiger partial charge in [-0.05, 0) is 26.0 Å². The molecule has 0 spiro atoms. The van der Waals surface area contributed by atoms with Gasteiger partial charge < -0.3 is 9.47 Å². The minimum absolute atomic E-state index is 0.0545. The molecule has 0 amide bonds. The van der Waals surface area contributed by atoms with Crippen LogP contribution in [0.1, 0.15) is 16.6 Å². The van der Waals surface area contributed by atoms with Crippen LogP contribution in [0.5, 0.6) is 0 Å². The molecule has 0 aliphatic rings. The molecular formula is C11H16NO5S2. The zero-order valence-corrected chi connectivity index (χ0v) is 12.3. The average molecular weight is 306 g/mol. The maximum absolute atomic E-state index is 11.9. The number of carbonyl (C=O) groups excluding carboxylic acids is 1. The highest BCUT2D eigenvalue weighted by Crippen LogP contribution is 2.22. The van der Waals surface area contributed by atoms with Gasteiger partial charge in [-0.1, -0.05) is 0 Å². The van der Waals surface area contributed by atoms with Crippen molar-refractivity contribution >= 4 is 27.3 Å². The Balaban J connectivity index is 2.77. The number of esters is 1. The van der Waals surface area contributed by atoms with E-state index in [0.717, 1.165) is 11.3 Å². The highest BCUT2D eigenvalue weighted by atomic mass is 32.2. The lowest BCUT2D eigenvalue weighted by molar-refractivity contribution is 0.0532. The first-order chi connectivity index (χ1) is 8.90. The average Bonchev–Trinajstić information content (AvgIpc) is 2.86. The van der Waals surface area contributed by atoms with Crippen molar-refractivity contribution in [2.24, 2.45) is 0 Å². The lowest BCUT2D eigenvalue weighted by Gasteiger charge is -2.09. The zero-order valence-electron chi connectivity index (χ0n) is 10.7. The van der Waals surface area contributed by atoms with Gasteiger partial charge in [-0.15, -0.1) is 11.3 Å². The SMILES string of the molecule is [CH2]C(CNS(=O)(=O)c1ccc(C(=O)OCC)s1)OC. The third-order valence-electron chi connectivity index (χ3n) is 2.16. The summed E-state index contributed by atoms with van der Waals surface area (Å²) in [4.78, 5) is 11.7. The number of thiophene rings is 1. The summed E-state index contributed by atoms with van der Waals surface area (Å²) in [6.07, 6.45) is -0.473. The molecule has 19 heavy (non-hydrogen) atoms. The summed E-state index contributed by atoms with van der Waals surface area (Å²) in [6, 6.07) is 2.79. The molecule has 1 N–H and O–H groups in total. The number of rotatable bonds is 7. The standard InChI is InChI=1S/C11H16NO5S2/c1-4-17-11(13)9-5-6-10(18-9)19(14,15)12-7-8(2)16-3/h5-6,8,12H,2,4,7H2,1,3H3. The Kier molecular flexibility index (Phi) is 5.92. The van der Waals surface area contributed by atoms with E-state index in [-0.39, 0.29) is 22.2 Å². The van der Waals surface area contributed by atoms with E-state index in [1.165, 1.54) is 19.2 Å². The Hall–Kier alpha value is -0.960. The van der Waals surface area contributed by atoms with Gasteiger partial charge in [-0.3, -0.25) is 0 Å². The predicted molar refractivity (Wildman–Crippen MR) is 71.6 cm³/mol. The van der Waals surface area contributed by atoms with Crippen molar-refractivity contribution < 1.29 is 22.7 Å². The van der Waals surface area contributed by atoms with Crippen molar-refractivity contribution in [2.45, 2.75) is 17.2 Å². The van der Waals surface area contributed by atoms with Gasteiger partial charge in [0.1, 0.15) is 9.09 Å². The van der Waals surface area contributed by atoms with E-state index in [4.69, 9.17) is 9.47 Å². The summed E-state index contributed by atoms with van der Waals surface area (Å²) in [6.45, 7) is 5.58. The second kappa shape index (κ2) is 6.99. The van der Waals surface area contributed by atoms with Crippen LogP contribution in [-0.2, 0) is 19.5 Å². The van der Waals surface area contributed by atoms with E-state index in [9.17, 15) is 13.2 Å². The van der Waals surface area contributed by atoms with E-state index < -0.39 is 22.1 Å². The van der Waals surface area contributed by atoms with Gasteiger partial charge in [0.05, 0.1) is 12.7 Å². The number of nitrogens with one attached hydrogen (secondary N) is 1. The normalized spacial score (nSPS) is 13.2. The fraction of sp³-hybridized carbons (Fsp3) is 0.455. The summed E-state index contributed by atoms with van der Waals surface area (Å²) >= 11 is 0.861. The number of hydrogen-bond acceptors (Lipinski definition) is 6. The Bertz CT molecular complexity index is 523. The fourth-order valence-corrected chi connectivity index (χ4v) is 3.44. The molecule has 1 heterocycles. The molecule has 0 saturated carbocycles. The van der Waals surface area contributed by atoms with Crippen LogP contribution in [0, 0.1) is 6.92 Å². The maximum atomic E-state index is 11.9. The first-order valence-corrected chi connectivity index (χ1v) is 7.83. The summed E-state index contributed by atoms with van der Waals surface area (Å²) < 4.78 is 35.9. The van der Waals surface area contributed by atoms with Crippen molar-refractivity contribution in [1.82, 2.24) is 4.72 Å². The van der Waals surface area contributed by atoms with Gasteiger partial charge in [0.25, 0.3) is 0 Å². The van der Waals surface area contributed by atoms with Crippen LogP contribution in [0.3, 0.4) is 0 Å². The topological polar surface area (TPSA) is 81.7 Å². The Labute approximate surface area is 116 Å². The van der Waals surface area contributed by atoms with Gasteiger partial charge in [-0.25, -0.2) is 17.9 Å². The zero-order chi connectivity index (χ0) is 14.5. The van der Waals surface area contributed by atoms with E-state index in [0.29, 0.717) is 0 Å². The van der Waals surface area contributed by atoms with Gasteiger partial charge >= 0.3 is 5.97 Å². The summed E-state index contributed by atoms with van der Waals surface area (Å²) in [5.74, 6) is -0.527. The third kappa shape index (κ3) is 4.57. The number of sulfonamides is 1. The summed E-state index contributed by atoms with van der Waals surface area (Å²) in [5.41, 5.74) is 0. The highest BCUT2D eigenvalue weighted by molar-refractivity contribution is 7.91. The molecule has 8 heteroatoms.